The fourth-order valence-electron chi connectivity index (χ4n) is 4.05. The van der Waals surface area contributed by atoms with Crippen LogP contribution in [0.15, 0.2) is 95.5 Å². The lowest BCUT2D eigenvalue weighted by Gasteiger charge is -2.08. The van der Waals surface area contributed by atoms with Gasteiger partial charge in [-0.15, -0.1) is 0 Å². The quantitative estimate of drug-likeness (QED) is 0.311. The summed E-state index contributed by atoms with van der Waals surface area (Å²) in [6, 6.07) is 26.9. The molecule has 0 aliphatic heterocycles. The largest absolute Gasteiger partial charge is 0.451 e. The monoisotopic (exact) mass is 451 g/mol. The molecule has 34 heavy (non-hydrogen) atoms. The first-order valence-electron chi connectivity index (χ1n) is 11.4. The van der Waals surface area contributed by atoms with E-state index in [1.165, 1.54) is 10.9 Å². The van der Waals surface area contributed by atoms with Crippen LogP contribution in [-0.2, 0) is 17.8 Å². The lowest BCUT2D eigenvalue weighted by Crippen LogP contribution is -2.26. The number of para-hydroxylation sites is 2. The maximum atomic E-state index is 12.5. The van der Waals surface area contributed by atoms with E-state index in [4.69, 9.17) is 4.42 Å². The van der Waals surface area contributed by atoms with Crippen LogP contribution in [0, 0.1) is 0 Å². The molecule has 0 aliphatic carbocycles. The van der Waals surface area contributed by atoms with Crippen LogP contribution in [0.5, 0.6) is 0 Å². The Morgan fingerprint density at radius 1 is 0.853 bits per heavy atom. The van der Waals surface area contributed by atoms with Gasteiger partial charge in [-0.3, -0.25) is 9.59 Å². The first-order valence-corrected chi connectivity index (χ1v) is 11.4. The second kappa shape index (κ2) is 9.67. The van der Waals surface area contributed by atoms with Gasteiger partial charge in [0.05, 0.1) is 6.42 Å². The predicted molar refractivity (Wildman–Crippen MR) is 134 cm³/mol. The molecule has 0 fully saturated rings. The van der Waals surface area contributed by atoms with E-state index in [9.17, 15) is 9.59 Å². The van der Waals surface area contributed by atoms with E-state index < -0.39 is 0 Å². The molecule has 0 aliphatic rings. The Hall–Kier alpha value is -4.32. The molecule has 0 saturated carbocycles. The number of aromatic nitrogens is 1. The van der Waals surface area contributed by atoms with E-state index in [2.05, 4.69) is 39.6 Å². The van der Waals surface area contributed by atoms with Crippen molar-refractivity contribution in [2.45, 2.75) is 19.4 Å². The van der Waals surface area contributed by atoms with Gasteiger partial charge in [-0.25, -0.2) is 0 Å². The summed E-state index contributed by atoms with van der Waals surface area (Å²) in [5.74, 6) is -0.0637. The molecule has 6 heteroatoms. The number of amides is 2. The van der Waals surface area contributed by atoms with Crippen molar-refractivity contribution in [1.29, 1.82) is 0 Å². The molecular formula is C28H25N3O3. The topological polar surface area (TPSA) is 76.3 Å². The molecule has 0 bridgehead atoms. The second-order valence-corrected chi connectivity index (χ2v) is 8.25. The number of furan rings is 1. The SMILES string of the molecule is O=C(Cc1ccc(NC(=O)c2cc3ccccc3o2)cc1)NCCCn1ccc2ccccc21. The van der Waals surface area contributed by atoms with Crippen molar-refractivity contribution in [2.24, 2.45) is 0 Å². The normalized spacial score (nSPS) is 11.1. The number of hydrogen-bond acceptors (Lipinski definition) is 3. The summed E-state index contributed by atoms with van der Waals surface area (Å²) in [5, 5.41) is 7.93. The van der Waals surface area contributed by atoms with Crippen molar-refractivity contribution in [3.63, 3.8) is 0 Å². The number of nitrogens with one attached hydrogen (secondary N) is 2. The number of carbonyl (C=O) groups is 2. The molecule has 0 spiro atoms. The number of aryl methyl sites for hydroxylation is 1. The highest BCUT2D eigenvalue weighted by Crippen LogP contribution is 2.20. The first-order chi connectivity index (χ1) is 16.7. The van der Waals surface area contributed by atoms with Crippen LogP contribution in [0.3, 0.4) is 0 Å². The summed E-state index contributed by atoms with van der Waals surface area (Å²) in [6.07, 6.45) is 3.24. The molecule has 2 N–H and O–H groups in total. The van der Waals surface area contributed by atoms with Gasteiger partial charge in [0.1, 0.15) is 5.58 Å². The van der Waals surface area contributed by atoms with E-state index in [1.807, 2.05) is 48.5 Å². The molecule has 5 aromatic rings. The predicted octanol–water partition coefficient (Wildman–Crippen LogP) is 5.39. The van der Waals surface area contributed by atoms with Crippen molar-refractivity contribution in [2.75, 3.05) is 11.9 Å². The molecule has 170 valence electrons. The van der Waals surface area contributed by atoms with Gasteiger partial charge in [-0.05, 0) is 53.8 Å². The minimum Gasteiger partial charge on any atom is -0.451 e. The van der Waals surface area contributed by atoms with Gasteiger partial charge in [0, 0.05) is 35.9 Å². The Bertz CT molecular complexity index is 1410. The Morgan fingerprint density at radius 3 is 2.44 bits per heavy atom. The number of hydrogen-bond donors (Lipinski definition) is 2. The molecule has 3 aromatic carbocycles. The van der Waals surface area contributed by atoms with E-state index >= 15 is 0 Å². The van der Waals surface area contributed by atoms with Crippen LogP contribution in [0.4, 0.5) is 5.69 Å². The summed E-state index contributed by atoms with van der Waals surface area (Å²) in [4.78, 5) is 24.8. The number of anilines is 1. The molecule has 2 amide bonds. The van der Waals surface area contributed by atoms with Crippen LogP contribution in [-0.4, -0.2) is 22.9 Å². The minimum absolute atomic E-state index is 0.0172. The van der Waals surface area contributed by atoms with Gasteiger partial charge in [0.2, 0.25) is 5.91 Å². The summed E-state index contributed by atoms with van der Waals surface area (Å²) >= 11 is 0. The van der Waals surface area contributed by atoms with Crippen LogP contribution < -0.4 is 10.6 Å². The van der Waals surface area contributed by atoms with E-state index in [1.54, 1.807) is 18.2 Å². The highest BCUT2D eigenvalue weighted by Gasteiger charge is 2.12. The number of carbonyl (C=O) groups excluding carboxylic acids is 2. The smallest absolute Gasteiger partial charge is 0.291 e. The third-order valence-electron chi connectivity index (χ3n) is 5.80. The van der Waals surface area contributed by atoms with Gasteiger partial charge >= 0.3 is 0 Å². The van der Waals surface area contributed by atoms with E-state index in [0.717, 1.165) is 23.9 Å². The van der Waals surface area contributed by atoms with Crippen LogP contribution >= 0.6 is 0 Å². The van der Waals surface area contributed by atoms with Crippen molar-refractivity contribution in [3.8, 4) is 0 Å². The molecule has 0 radical (unpaired) electrons. The summed E-state index contributed by atoms with van der Waals surface area (Å²) in [7, 11) is 0. The van der Waals surface area contributed by atoms with Gasteiger partial charge in [0.15, 0.2) is 5.76 Å². The zero-order valence-corrected chi connectivity index (χ0v) is 18.7. The molecule has 6 nitrogen and oxygen atoms in total. The molecule has 5 rings (SSSR count). The van der Waals surface area contributed by atoms with Crippen LogP contribution in [0.2, 0.25) is 0 Å². The third kappa shape index (κ3) is 4.86. The van der Waals surface area contributed by atoms with Crippen molar-refractivity contribution in [3.05, 3.63) is 102 Å². The highest BCUT2D eigenvalue weighted by molar-refractivity contribution is 6.04. The zero-order chi connectivity index (χ0) is 23.3. The average molecular weight is 452 g/mol. The van der Waals surface area contributed by atoms with Gasteiger partial charge in [-0.1, -0.05) is 48.5 Å². The van der Waals surface area contributed by atoms with Crippen molar-refractivity contribution in [1.82, 2.24) is 9.88 Å². The molecule has 2 aromatic heterocycles. The fraction of sp³-hybridized carbons (Fsp3) is 0.143. The first kappa shape index (κ1) is 21.5. The zero-order valence-electron chi connectivity index (χ0n) is 18.7. The number of fused-ring (bicyclic) bond motifs is 2. The standard InChI is InChI=1S/C28H25N3O3/c32-27(29-15-5-16-31-17-14-21-6-1-3-8-24(21)31)18-20-10-12-23(13-11-20)30-28(33)26-19-22-7-2-4-9-25(22)34-26/h1-4,6-14,17,19H,5,15-16,18H2,(H,29,32)(H,30,33). The maximum absolute atomic E-state index is 12.5. The molecule has 0 unspecified atom stereocenters. The highest BCUT2D eigenvalue weighted by atomic mass is 16.3. The fourth-order valence-corrected chi connectivity index (χ4v) is 4.05. The number of benzene rings is 3. The Labute approximate surface area is 197 Å². The van der Waals surface area contributed by atoms with Crippen molar-refractivity contribution < 1.29 is 14.0 Å². The molecule has 0 atom stereocenters. The minimum atomic E-state index is -0.308. The van der Waals surface area contributed by atoms with Crippen LogP contribution in [0.1, 0.15) is 22.5 Å². The summed E-state index contributed by atoms with van der Waals surface area (Å²) < 4.78 is 7.81. The lowest BCUT2D eigenvalue weighted by molar-refractivity contribution is -0.120. The number of nitrogens with zero attached hydrogens (tertiary/aromatic N) is 1. The number of rotatable bonds is 8. The van der Waals surface area contributed by atoms with E-state index in [-0.39, 0.29) is 17.6 Å². The van der Waals surface area contributed by atoms with Crippen molar-refractivity contribution >= 4 is 39.4 Å². The van der Waals surface area contributed by atoms with Crippen LogP contribution in [0.25, 0.3) is 21.9 Å². The third-order valence-corrected chi connectivity index (χ3v) is 5.80. The molecule has 2 heterocycles. The summed E-state index contributed by atoms with van der Waals surface area (Å²) in [6.45, 7) is 1.48. The molecular weight excluding hydrogens is 426 g/mol. The van der Waals surface area contributed by atoms with Gasteiger partial charge in [0.25, 0.3) is 5.91 Å². The Balaban J connectivity index is 1.08. The second-order valence-electron chi connectivity index (χ2n) is 8.25. The van der Waals surface area contributed by atoms with Gasteiger partial charge in [-0.2, -0.15) is 0 Å². The maximum Gasteiger partial charge on any atom is 0.291 e. The van der Waals surface area contributed by atoms with E-state index in [0.29, 0.717) is 24.2 Å². The Morgan fingerprint density at radius 2 is 1.62 bits per heavy atom. The Kier molecular flexibility index (Phi) is 6.12. The van der Waals surface area contributed by atoms with Gasteiger partial charge < -0.3 is 19.6 Å². The average Bonchev–Trinajstić information content (AvgIpc) is 3.47. The lowest BCUT2D eigenvalue weighted by atomic mass is 10.1. The summed E-state index contributed by atoms with van der Waals surface area (Å²) in [5.41, 5.74) is 3.42. The molecule has 0 saturated heterocycles.